The smallest absolute Gasteiger partial charge is 0.254 e. The Balaban J connectivity index is 2.90. The van der Waals surface area contributed by atoms with Crippen molar-refractivity contribution >= 4 is 5.91 Å². The van der Waals surface area contributed by atoms with Gasteiger partial charge in [0.25, 0.3) is 5.91 Å². The van der Waals surface area contributed by atoms with E-state index < -0.39 is 0 Å². The van der Waals surface area contributed by atoms with E-state index in [1.807, 2.05) is 20.8 Å². The molecule has 0 spiro atoms. The molecule has 0 unspecified atom stereocenters. The van der Waals surface area contributed by atoms with Gasteiger partial charge in [-0.15, -0.1) is 0 Å². The minimum Gasteiger partial charge on any atom is -0.508 e. The number of carbonyl (C=O) groups is 1. The zero-order valence-corrected chi connectivity index (χ0v) is 9.61. The van der Waals surface area contributed by atoms with Gasteiger partial charge >= 0.3 is 0 Å². The van der Waals surface area contributed by atoms with Gasteiger partial charge in [-0.25, -0.2) is 0 Å². The first-order valence-electron chi connectivity index (χ1n) is 4.89. The second kappa shape index (κ2) is 3.93. The van der Waals surface area contributed by atoms with Crippen LogP contribution in [0, 0.1) is 0 Å². The van der Waals surface area contributed by atoms with Crippen LogP contribution in [0.15, 0.2) is 24.3 Å². The van der Waals surface area contributed by atoms with Crippen LogP contribution in [-0.4, -0.2) is 28.5 Å². The number of carbonyl (C=O) groups excluding carboxylic acids is 1. The second-order valence-corrected chi connectivity index (χ2v) is 4.58. The Labute approximate surface area is 90.3 Å². The van der Waals surface area contributed by atoms with Gasteiger partial charge in [0, 0.05) is 18.2 Å². The molecule has 0 heterocycles. The van der Waals surface area contributed by atoms with E-state index in [0.29, 0.717) is 5.56 Å². The topological polar surface area (TPSA) is 40.5 Å². The lowest BCUT2D eigenvalue weighted by molar-refractivity contribution is 0.0656. The lowest BCUT2D eigenvalue weighted by atomic mass is 10.1. The van der Waals surface area contributed by atoms with Gasteiger partial charge in [0.05, 0.1) is 0 Å². The summed E-state index contributed by atoms with van der Waals surface area (Å²) in [6.45, 7) is 5.93. The summed E-state index contributed by atoms with van der Waals surface area (Å²) in [5.74, 6) is 0.132. The van der Waals surface area contributed by atoms with Gasteiger partial charge in [0.2, 0.25) is 0 Å². The highest BCUT2D eigenvalue weighted by atomic mass is 16.3. The first kappa shape index (κ1) is 11.6. The Hall–Kier alpha value is -1.51. The number of phenols is 1. The van der Waals surface area contributed by atoms with Gasteiger partial charge in [0.1, 0.15) is 5.75 Å². The molecule has 15 heavy (non-hydrogen) atoms. The average molecular weight is 207 g/mol. The molecule has 0 aliphatic carbocycles. The van der Waals surface area contributed by atoms with Crippen molar-refractivity contribution in [2.45, 2.75) is 26.3 Å². The molecule has 0 radical (unpaired) electrons. The van der Waals surface area contributed by atoms with Crippen molar-refractivity contribution < 1.29 is 9.90 Å². The maximum Gasteiger partial charge on any atom is 0.254 e. The molecule has 1 aromatic carbocycles. The zero-order chi connectivity index (χ0) is 11.6. The highest BCUT2D eigenvalue weighted by Crippen LogP contribution is 2.16. The maximum absolute atomic E-state index is 11.9. The minimum absolute atomic E-state index is 0.0394. The fourth-order valence-electron chi connectivity index (χ4n) is 1.10. The summed E-state index contributed by atoms with van der Waals surface area (Å²) in [5, 5.41) is 9.11. The summed E-state index contributed by atoms with van der Waals surface area (Å²) >= 11 is 0. The first-order valence-corrected chi connectivity index (χ1v) is 4.89. The molecular formula is C12H17NO2. The van der Waals surface area contributed by atoms with Crippen molar-refractivity contribution in [3.05, 3.63) is 29.8 Å². The fraction of sp³-hybridized carbons (Fsp3) is 0.417. The Morgan fingerprint density at radius 1 is 1.20 bits per heavy atom. The number of hydrogen-bond donors (Lipinski definition) is 1. The van der Waals surface area contributed by atoms with E-state index in [1.54, 1.807) is 24.1 Å². The van der Waals surface area contributed by atoms with Crippen LogP contribution >= 0.6 is 0 Å². The van der Waals surface area contributed by atoms with E-state index in [-0.39, 0.29) is 17.2 Å². The quantitative estimate of drug-likeness (QED) is 0.767. The normalized spacial score (nSPS) is 11.2. The standard InChI is InChI=1S/C12H17NO2/c1-12(2,3)13(4)11(15)9-5-7-10(14)8-6-9/h5-8,14H,1-4H3. The zero-order valence-electron chi connectivity index (χ0n) is 9.61. The van der Waals surface area contributed by atoms with E-state index in [1.165, 1.54) is 12.1 Å². The van der Waals surface area contributed by atoms with Crippen LogP contribution in [-0.2, 0) is 0 Å². The van der Waals surface area contributed by atoms with Gasteiger partial charge < -0.3 is 10.0 Å². The van der Waals surface area contributed by atoms with E-state index in [9.17, 15) is 4.79 Å². The molecule has 0 saturated carbocycles. The van der Waals surface area contributed by atoms with Crippen LogP contribution in [0.1, 0.15) is 31.1 Å². The minimum atomic E-state index is -0.199. The Morgan fingerprint density at radius 3 is 2.07 bits per heavy atom. The molecule has 0 aliphatic heterocycles. The number of aromatic hydroxyl groups is 1. The van der Waals surface area contributed by atoms with Crippen LogP contribution in [0.3, 0.4) is 0 Å². The SMILES string of the molecule is CN(C(=O)c1ccc(O)cc1)C(C)(C)C. The van der Waals surface area contributed by atoms with Crippen molar-refractivity contribution in [3.63, 3.8) is 0 Å². The van der Waals surface area contributed by atoms with Crippen LogP contribution in [0.4, 0.5) is 0 Å². The van der Waals surface area contributed by atoms with Gasteiger partial charge in [-0.05, 0) is 45.0 Å². The third kappa shape index (κ3) is 2.72. The molecule has 1 amide bonds. The second-order valence-electron chi connectivity index (χ2n) is 4.58. The van der Waals surface area contributed by atoms with Crippen LogP contribution in [0.25, 0.3) is 0 Å². The summed E-state index contributed by atoms with van der Waals surface area (Å²) in [6, 6.07) is 6.28. The number of nitrogens with zero attached hydrogens (tertiary/aromatic N) is 1. The largest absolute Gasteiger partial charge is 0.508 e. The Kier molecular flexibility index (Phi) is 3.03. The monoisotopic (exact) mass is 207 g/mol. The fourth-order valence-corrected chi connectivity index (χ4v) is 1.10. The summed E-state index contributed by atoms with van der Waals surface area (Å²) < 4.78 is 0. The summed E-state index contributed by atoms with van der Waals surface area (Å²) in [4.78, 5) is 13.6. The number of amides is 1. The maximum atomic E-state index is 11.9. The predicted octanol–water partition coefficient (Wildman–Crippen LogP) is 2.26. The molecule has 0 aliphatic rings. The predicted molar refractivity (Wildman–Crippen MR) is 60.0 cm³/mol. The summed E-state index contributed by atoms with van der Waals surface area (Å²) in [5.41, 5.74) is 0.389. The molecule has 3 nitrogen and oxygen atoms in total. The van der Waals surface area contributed by atoms with Crippen LogP contribution in [0.2, 0.25) is 0 Å². The van der Waals surface area contributed by atoms with Crippen LogP contribution < -0.4 is 0 Å². The number of benzene rings is 1. The lowest BCUT2D eigenvalue weighted by Crippen LogP contribution is -2.42. The molecule has 0 atom stereocenters. The average Bonchev–Trinajstić information content (AvgIpc) is 2.15. The number of rotatable bonds is 1. The van der Waals surface area contributed by atoms with Crippen molar-refractivity contribution in [2.24, 2.45) is 0 Å². The number of phenolic OH excluding ortho intramolecular Hbond substituents is 1. The molecule has 3 heteroatoms. The molecule has 1 N–H and O–H groups in total. The number of hydrogen-bond acceptors (Lipinski definition) is 2. The van der Waals surface area contributed by atoms with Crippen LogP contribution in [0.5, 0.6) is 5.75 Å². The van der Waals surface area contributed by atoms with Gasteiger partial charge in [0.15, 0.2) is 0 Å². The Morgan fingerprint density at radius 2 is 1.67 bits per heavy atom. The first-order chi connectivity index (χ1) is 6.82. The summed E-state index contributed by atoms with van der Waals surface area (Å²) in [7, 11) is 1.77. The van der Waals surface area contributed by atoms with Crippen molar-refractivity contribution in [1.82, 2.24) is 4.90 Å². The molecule has 0 aromatic heterocycles. The highest BCUT2D eigenvalue weighted by molar-refractivity contribution is 5.94. The van der Waals surface area contributed by atoms with Gasteiger partial charge in [-0.2, -0.15) is 0 Å². The molecule has 0 saturated heterocycles. The lowest BCUT2D eigenvalue weighted by Gasteiger charge is -2.32. The van der Waals surface area contributed by atoms with E-state index >= 15 is 0 Å². The van der Waals surface area contributed by atoms with E-state index in [0.717, 1.165) is 0 Å². The highest BCUT2D eigenvalue weighted by Gasteiger charge is 2.23. The molecule has 1 rings (SSSR count). The van der Waals surface area contributed by atoms with Gasteiger partial charge in [-0.3, -0.25) is 4.79 Å². The van der Waals surface area contributed by atoms with Crippen molar-refractivity contribution in [2.75, 3.05) is 7.05 Å². The molecule has 0 fully saturated rings. The van der Waals surface area contributed by atoms with Crippen molar-refractivity contribution in [1.29, 1.82) is 0 Å². The van der Waals surface area contributed by atoms with E-state index in [4.69, 9.17) is 5.11 Å². The third-order valence-electron chi connectivity index (χ3n) is 2.43. The molecule has 82 valence electrons. The Bertz CT molecular complexity index is 349. The molecule has 0 bridgehead atoms. The van der Waals surface area contributed by atoms with Crippen molar-refractivity contribution in [3.8, 4) is 5.75 Å². The molecule has 1 aromatic rings. The third-order valence-corrected chi connectivity index (χ3v) is 2.43. The van der Waals surface area contributed by atoms with E-state index in [2.05, 4.69) is 0 Å². The molecular weight excluding hydrogens is 190 g/mol. The van der Waals surface area contributed by atoms with Gasteiger partial charge in [-0.1, -0.05) is 0 Å². The summed E-state index contributed by atoms with van der Waals surface area (Å²) in [6.07, 6.45) is 0.